The Labute approximate surface area is 162 Å². The molecule has 0 aliphatic carbocycles. The van der Waals surface area contributed by atoms with Gasteiger partial charge in [0.05, 0.1) is 18.0 Å². The summed E-state index contributed by atoms with van der Waals surface area (Å²) in [4.78, 5) is 13.0. The molecule has 0 heterocycles. The van der Waals surface area contributed by atoms with E-state index in [2.05, 4.69) is 19.2 Å². The van der Waals surface area contributed by atoms with Crippen LogP contribution in [0, 0.1) is 5.92 Å². The fraction of sp³-hybridized carbons (Fsp3) is 0.381. The zero-order valence-electron chi connectivity index (χ0n) is 16.3. The minimum Gasteiger partial charge on any atom is -0.347 e. The van der Waals surface area contributed by atoms with Crippen molar-refractivity contribution >= 4 is 21.6 Å². The maximum Gasteiger partial charge on any atom is 0.244 e. The summed E-state index contributed by atoms with van der Waals surface area (Å²) in [6.07, 6.45) is 1.89. The van der Waals surface area contributed by atoms with Crippen molar-refractivity contribution in [2.24, 2.45) is 5.92 Å². The molecule has 0 bridgehead atoms. The normalized spacial score (nSPS) is 13.8. The van der Waals surface area contributed by atoms with Gasteiger partial charge in [-0.1, -0.05) is 62.4 Å². The molecule has 1 amide bonds. The molecular weight excluding hydrogens is 360 g/mol. The molecule has 0 fully saturated rings. The van der Waals surface area contributed by atoms with Crippen LogP contribution < -0.4 is 9.62 Å². The van der Waals surface area contributed by atoms with E-state index in [0.717, 1.165) is 18.2 Å². The number of hydrogen-bond acceptors (Lipinski definition) is 3. The van der Waals surface area contributed by atoms with E-state index < -0.39 is 16.1 Å². The summed E-state index contributed by atoms with van der Waals surface area (Å²) in [5, 5.41) is 3.04. The van der Waals surface area contributed by atoms with Gasteiger partial charge in [-0.15, -0.1) is 0 Å². The largest absolute Gasteiger partial charge is 0.347 e. The SMILES string of the molecule is CC(C)CC(NC(=O)C(C)N(c1ccccc1)S(C)(=O)=O)c1ccccc1. The number of carbonyl (C=O) groups excluding carboxylic acids is 1. The van der Waals surface area contributed by atoms with E-state index in [9.17, 15) is 13.2 Å². The smallest absolute Gasteiger partial charge is 0.244 e. The number of carbonyl (C=O) groups is 1. The van der Waals surface area contributed by atoms with Crippen molar-refractivity contribution in [1.82, 2.24) is 5.32 Å². The lowest BCUT2D eigenvalue weighted by molar-refractivity contribution is -0.122. The van der Waals surface area contributed by atoms with Crippen LogP contribution in [0.25, 0.3) is 0 Å². The quantitative estimate of drug-likeness (QED) is 0.749. The molecule has 2 unspecified atom stereocenters. The number of rotatable bonds is 8. The van der Waals surface area contributed by atoms with Gasteiger partial charge in [0.2, 0.25) is 15.9 Å². The van der Waals surface area contributed by atoms with Crippen molar-refractivity contribution in [3.8, 4) is 0 Å². The lowest BCUT2D eigenvalue weighted by atomic mass is 9.96. The first-order chi connectivity index (χ1) is 12.7. The van der Waals surface area contributed by atoms with Crippen molar-refractivity contribution in [3.05, 3.63) is 66.2 Å². The summed E-state index contributed by atoms with van der Waals surface area (Å²) < 4.78 is 25.9. The van der Waals surface area contributed by atoms with Crippen LogP contribution in [0.2, 0.25) is 0 Å². The molecule has 0 radical (unpaired) electrons. The van der Waals surface area contributed by atoms with Crippen LogP contribution in [-0.2, 0) is 14.8 Å². The maximum absolute atomic E-state index is 13.0. The summed E-state index contributed by atoms with van der Waals surface area (Å²) in [5.41, 5.74) is 1.49. The van der Waals surface area contributed by atoms with Crippen LogP contribution >= 0.6 is 0 Å². The summed E-state index contributed by atoms with van der Waals surface area (Å²) in [5.74, 6) is 0.0599. The Morgan fingerprint density at radius 1 is 0.963 bits per heavy atom. The lowest BCUT2D eigenvalue weighted by Gasteiger charge is -2.30. The Bertz CT molecular complexity index is 836. The first kappa shape index (κ1) is 21.0. The molecule has 2 aromatic carbocycles. The fourth-order valence-corrected chi connectivity index (χ4v) is 4.29. The first-order valence-corrected chi connectivity index (χ1v) is 10.9. The molecule has 146 valence electrons. The summed E-state index contributed by atoms with van der Waals surface area (Å²) >= 11 is 0. The van der Waals surface area contributed by atoms with Crippen LogP contribution in [0.3, 0.4) is 0 Å². The van der Waals surface area contributed by atoms with Gasteiger partial charge in [-0.25, -0.2) is 8.42 Å². The summed E-state index contributed by atoms with van der Waals surface area (Å²) in [6, 6.07) is 17.4. The number of nitrogens with one attached hydrogen (secondary N) is 1. The van der Waals surface area contributed by atoms with Crippen molar-refractivity contribution < 1.29 is 13.2 Å². The van der Waals surface area contributed by atoms with Crippen molar-refractivity contribution in [1.29, 1.82) is 0 Å². The van der Waals surface area contributed by atoms with E-state index in [1.807, 2.05) is 36.4 Å². The molecular formula is C21H28N2O3S. The molecule has 2 rings (SSSR count). The van der Waals surface area contributed by atoms with Gasteiger partial charge in [0.25, 0.3) is 0 Å². The van der Waals surface area contributed by atoms with Gasteiger partial charge in [-0.3, -0.25) is 9.10 Å². The Kier molecular flexibility index (Phi) is 7.02. The Hall–Kier alpha value is -2.34. The van der Waals surface area contributed by atoms with Crippen LogP contribution in [0.5, 0.6) is 0 Å². The van der Waals surface area contributed by atoms with Gasteiger partial charge in [0, 0.05) is 0 Å². The summed E-state index contributed by atoms with van der Waals surface area (Å²) in [7, 11) is -3.61. The third kappa shape index (κ3) is 5.82. The number of amides is 1. The maximum atomic E-state index is 13.0. The van der Waals surface area contributed by atoms with E-state index in [0.29, 0.717) is 11.6 Å². The number of benzene rings is 2. The Balaban J connectivity index is 2.27. The molecule has 6 heteroatoms. The highest BCUT2D eigenvalue weighted by Gasteiger charge is 2.30. The minimum absolute atomic E-state index is 0.168. The molecule has 0 saturated heterocycles. The second-order valence-corrected chi connectivity index (χ2v) is 9.03. The van der Waals surface area contributed by atoms with Gasteiger partial charge >= 0.3 is 0 Å². The molecule has 5 nitrogen and oxygen atoms in total. The van der Waals surface area contributed by atoms with E-state index in [1.54, 1.807) is 31.2 Å². The fourth-order valence-electron chi connectivity index (χ4n) is 3.11. The Morgan fingerprint density at radius 3 is 1.96 bits per heavy atom. The van der Waals surface area contributed by atoms with Crippen molar-refractivity contribution in [3.63, 3.8) is 0 Å². The topological polar surface area (TPSA) is 66.5 Å². The molecule has 0 aliphatic rings. The van der Waals surface area contributed by atoms with Gasteiger partial charge in [-0.2, -0.15) is 0 Å². The lowest BCUT2D eigenvalue weighted by Crippen LogP contribution is -2.48. The van der Waals surface area contributed by atoms with Crippen LogP contribution in [0.15, 0.2) is 60.7 Å². The van der Waals surface area contributed by atoms with Crippen LogP contribution in [-0.4, -0.2) is 26.6 Å². The second-order valence-electron chi connectivity index (χ2n) is 7.17. The predicted octanol–water partition coefficient (Wildman–Crippen LogP) is 3.74. The third-order valence-electron chi connectivity index (χ3n) is 4.32. The molecule has 2 atom stereocenters. The Morgan fingerprint density at radius 2 is 1.48 bits per heavy atom. The monoisotopic (exact) mass is 388 g/mol. The first-order valence-electron chi connectivity index (χ1n) is 9.10. The second kappa shape index (κ2) is 9.04. The van der Waals surface area contributed by atoms with E-state index >= 15 is 0 Å². The minimum atomic E-state index is -3.61. The predicted molar refractivity (Wildman–Crippen MR) is 110 cm³/mol. The highest BCUT2D eigenvalue weighted by molar-refractivity contribution is 7.92. The average Bonchev–Trinajstić information content (AvgIpc) is 2.61. The van der Waals surface area contributed by atoms with Crippen LogP contribution in [0.1, 0.15) is 38.8 Å². The van der Waals surface area contributed by atoms with E-state index in [4.69, 9.17) is 0 Å². The zero-order chi connectivity index (χ0) is 20.0. The number of nitrogens with zero attached hydrogens (tertiary/aromatic N) is 1. The van der Waals surface area contributed by atoms with Gasteiger partial charge < -0.3 is 5.32 Å². The molecule has 0 aromatic heterocycles. The van der Waals surface area contributed by atoms with Crippen LogP contribution in [0.4, 0.5) is 5.69 Å². The molecule has 27 heavy (non-hydrogen) atoms. The zero-order valence-corrected chi connectivity index (χ0v) is 17.1. The molecule has 0 spiro atoms. The third-order valence-corrected chi connectivity index (χ3v) is 5.57. The van der Waals surface area contributed by atoms with E-state index in [-0.39, 0.29) is 11.9 Å². The highest BCUT2D eigenvalue weighted by atomic mass is 32.2. The van der Waals surface area contributed by atoms with Gasteiger partial charge in [0.1, 0.15) is 6.04 Å². The number of sulfonamides is 1. The van der Waals surface area contributed by atoms with E-state index in [1.165, 1.54) is 4.31 Å². The van der Waals surface area contributed by atoms with Gasteiger partial charge in [0.15, 0.2) is 0 Å². The van der Waals surface area contributed by atoms with Crippen molar-refractivity contribution in [2.45, 2.75) is 39.3 Å². The number of para-hydroxylation sites is 1. The standard InChI is InChI=1S/C21H28N2O3S/c1-16(2)15-20(18-11-7-5-8-12-18)22-21(24)17(3)23(27(4,25)26)19-13-9-6-10-14-19/h5-14,16-17,20H,15H2,1-4H3,(H,22,24). The molecule has 1 N–H and O–H groups in total. The molecule has 0 saturated carbocycles. The number of hydrogen-bond donors (Lipinski definition) is 1. The molecule has 2 aromatic rings. The summed E-state index contributed by atoms with van der Waals surface area (Å²) in [6.45, 7) is 5.80. The van der Waals surface area contributed by atoms with Gasteiger partial charge in [-0.05, 0) is 37.0 Å². The highest BCUT2D eigenvalue weighted by Crippen LogP contribution is 2.24. The number of anilines is 1. The molecule has 0 aliphatic heterocycles. The van der Waals surface area contributed by atoms with Crippen molar-refractivity contribution in [2.75, 3.05) is 10.6 Å². The average molecular weight is 389 g/mol.